The number of halogens is 2. The van der Waals surface area contributed by atoms with Crippen LogP contribution in [0.3, 0.4) is 0 Å². The summed E-state index contributed by atoms with van der Waals surface area (Å²) >= 11 is 0. The average Bonchev–Trinajstić information content (AvgIpc) is 3.06. The number of rotatable bonds is 6. The van der Waals surface area contributed by atoms with E-state index in [1.54, 1.807) is 0 Å². The monoisotopic (exact) mass is 344 g/mol. The molecule has 2 heterocycles. The van der Waals surface area contributed by atoms with E-state index in [9.17, 15) is 13.6 Å². The minimum atomic E-state index is -3.07. The molecule has 1 amide bonds. The van der Waals surface area contributed by atoms with Gasteiger partial charge in [-0.2, -0.15) is 13.8 Å². The molecule has 0 atom stereocenters. The molecule has 0 saturated carbocycles. The number of carbonyl (C=O) groups is 1. The maximum Gasteiger partial charge on any atom is 0.388 e. The standard InChI is InChI=1S/C14H18F2N4O4/c1-7-10(11(19-23-7)22-13(15)16)17-8(21)5-6-9-18-12(20-24-9)14(2,3)4/h13H,5-6H2,1-4H3,(H,17,21). The Balaban J connectivity index is 1.94. The van der Waals surface area contributed by atoms with Gasteiger partial charge in [-0.15, -0.1) is 0 Å². The maximum absolute atomic E-state index is 12.3. The number of ether oxygens (including phenoxy) is 1. The molecule has 0 aliphatic rings. The first-order valence-corrected chi connectivity index (χ1v) is 7.21. The highest BCUT2D eigenvalue weighted by Gasteiger charge is 2.22. The molecule has 2 aromatic rings. The molecule has 0 bridgehead atoms. The van der Waals surface area contributed by atoms with Crippen LogP contribution < -0.4 is 10.1 Å². The van der Waals surface area contributed by atoms with Crippen LogP contribution in [-0.4, -0.2) is 27.8 Å². The van der Waals surface area contributed by atoms with Crippen molar-refractivity contribution in [2.75, 3.05) is 5.32 Å². The van der Waals surface area contributed by atoms with E-state index in [4.69, 9.17) is 9.05 Å². The number of nitrogens with zero attached hydrogens (tertiary/aromatic N) is 3. The number of anilines is 1. The van der Waals surface area contributed by atoms with Gasteiger partial charge in [0.05, 0.1) is 0 Å². The molecular weight excluding hydrogens is 326 g/mol. The van der Waals surface area contributed by atoms with Crippen molar-refractivity contribution < 1.29 is 27.4 Å². The molecule has 0 fully saturated rings. The second-order valence-corrected chi connectivity index (χ2v) is 6.11. The van der Waals surface area contributed by atoms with Gasteiger partial charge in [-0.25, -0.2) is 0 Å². The summed E-state index contributed by atoms with van der Waals surface area (Å²) in [6, 6.07) is 0. The zero-order chi connectivity index (χ0) is 17.9. The third-order valence-corrected chi connectivity index (χ3v) is 3.00. The lowest BCUT2D eigenvalue weighted by atomic mass is 9.96. The molecule has 0 unspecified atom stereocenters. The molecule has 0 spiro atoms. The molecule has 0 radical (unpaired) electrons. The Morgan fingerprint density at radius 1 is 1.29 bits per heavy atom. The van der Waals surface area contributed by atoms with Crippen LogP contribution in [0, 0.1) is 6.92 Å². The van der Waals surface area contributed by atoms with Gasteiger partial charge in [0.25, 0.3) is 5.88 Å². The van der Waals surface area contributed by atoms with E-state index in [1.807, 2.05) is 20.8 Å². The molecule has 0 aliphatic carbocycles. The van der Waals surface area contributed by atoms with Crippen molar-refractivity contribution in [1.29, 1.82) is 0 Å². The normalized spacial score (nSPS) is 11.8. The van der Waals surface area contributed by atoms with Gasteiger partial charge in [0.2, 0.25) is 11.8 Å². The minimum absolute atomic E-state index is 0.0184. The van der Waals surface area contributed by atoms with Gasteiger partial charge in [-0.3, -0.25) is 4.79 Å². The predicted molar refractivity (Wildman–Crippen MR) is 77.8 cm³/mol. The number of carbonyl (C=O) groups excluding carboxylic acids is 1. The van der Waals surface area contributed by atoms with E-state index in [-0.39, 0.29) is 29.7 Å². The third kappa shape index (κ3) is 4.49. The summed E-state index contributed by atoms with van der Waals surface area (Å²) < 4.78 is 38.5. The van der Waals surface area contributed by atoms with Crippen LogP contribution in [-0.2, 0) is 16.6 Å². The molecule has 2 rings (SSSR count). The van der Waals surface area contributed by atoms with E-state index in [0.29, 0.717) is 11.7 Å². The van der Waals surface area contributed by atoms with E-state index in [0.717, 1.165) is 0 Å². The fraction of sp³-hybridized carbons (Fsp3) is 0.571. The van der Waals surface area contributed by atoms with E-state index in [2.05, 4.69) is 25.4 Å². The van der Waals surface area contributed by atoms with Crippen LogP contribution in [0.4, 0.5) is 14.5 Å². The van der Waals surface area contributed by atoms with Gasteiger partial charge in [0, 0.05) is 18.3 Å². The largest absolute Gasteiger partial charge is 0.412 e. The zero-order valence-corrected chi connectivity index (χ0v) is 13.7. The average molecular weight is 344 g/mol. The van der Waals surface area contributed by atoms with Crippen LogP contribution in [0.5, 0.6) is 5.88 Å². The van der Waals surface area contributed by atoms with Gasteiger partial charge in [-0.1, -0.05) is 25.9 Å². The Labute approximate surface area is 136 Å². The first kappa shape index (κ1) is 17.8. The van der Waals surface area contributed by atoms with Crippen LogP contribution in [0.1, 0.15) is 44.7 Å². The Morgan fingerprint density at radius 3 is 2.58 bits per heavy atom. The molecule has 0 aromatic carbocycles. The fourth-order valence-corrected chi connectivity index (χ4v) is 1.74. The number of aromatic nitrogens is 3. The van der Waals surface area contributed by atoms with E-state index < -0.39 is 18.4 Å². The maximum atomic E-state index is 12.3. The summed E-state index contributed by atoms with van der Waals surface area (Å²) in [6.07, 6.45) is 0.231. The lowest BCUT2D eigenvalue weighted by Gasteiger charge is -2.10. The lowest BCUT2D eigenvalue weighted by Crippen LogP contribution is -2.15. The summed E-state index contributed by atoms with van der Waals surface area (Å²) in [5, 5.41) is 9.61. The number of nitrogens with one attached hydrogen (secondary N) is 1. The Kier molecular flexibility index (Phi) is 5.15. The van der Waals surface area contributed by atoms with Crippen LogP contribution in [0.25, 0.3) is 0 Å². The van der Waals surface area contributed by atoms with Crippen molar-refractivity contribution >= 4 is 11.6 Å². The number of hydrogen-bond donors (Lipinski definition) is 1. The number of aryl methyl sites for hydroxylation is 2. The van der Waals surface area contributed by atoms with Crippen molar-refractivity contribution in [2.24, 2.45) is 0 Å². The molecule has 132 valence electrons. The Bertz CT molecular complexity index is 706. The van der Waals surface area contributed by atoms with Crippen molar-refractivity contribution in [1.82, 2.24) is 15.3 Å². The summed E-state index contributed by atoms with van der Waals surface area (Å²) in [6.45, 7) is 4.21. The third-order valence-electron chi connectivity index (χ3n) is 3.00. The summed E-state index contributed by atoms with van der Waals surface area (Å²) in [5.74, 6) is 0.105. The second kappa shape index (κ2) is 6.93. The summed E-state index contributed by atoms with van der Waals surface area (Å²) in [7, 11) is 0. The molecule has 24 heavy (non-hydrogen) atoms. The first-order chi connectivity index (χ1) is 11.2. The van der Waals surface area contributed by atoms with Crippen molar-refractivity contribution in [3.63, 3.8) is 0 Å². The molecule has 10 heteroatoms. The molecule has 0 saturated heterocycles. The number of alkyl halides is 2. The van der Waals surface area contributed by atoms with Crippen LogP contribution in [0.2, 0.25) is 0 Å². The SMILES string of the molecule is Cc1onc(OC(F)F)c1NC(=O)CCc1nc(C(C)(C)C)no1. The van der Waals surface area contributed by atoms with Gasteiger partial charge in [0.15, 0.2) is 11.6 Å². The smallest absolute Gasteiger partial charge is 0.388 e. The zero-order valence-electron chi connectivity index (χ0n) is 13.7. The fourth-order valence-electron chi connectivity index (χ4n) is 1.74. The van der Waals surface area contributed by atoms with Gasteiger partial charge in [0.1, 0.15) is 5.69 Å². The first-order valence-electron chi connectivity index (χ1n) is 7.21. The topological polar surface area (TPSA) is 103 Å². The van der Waals surface area contributed by atoms with Crippen molar-refractivity contribution in [2.45, 2.75) is 52.6 Å². The van der Waals surface area contributed by atoms with Gasteiger partial charge >= 0.3 is 6.61 Å². The minimum Gasteiger partial charge on any atom is -0.412 e. The van der Waals surface area contributed by atoms with E-state index in [1.165, 1.54) is 6.92 Å². The molecule has 8 nitrogen and oxygen atoms in total. The molecule has 2 aromatic heterocycles. The second-order valence-electron chi connectivity index (χ2n) is 6.11. The van der Waals surface area contributed by atoms with Crippen LogP contribution >= 0.6 is 0 Å². The van der Waals surface area contributed by atoms with Crippen LogP contribution in [0.15, 0.2) is 9.05 Å². The predicted octanol–water partition coefficient (Wildman–Crippen LogP) is 2.84. The number of hydrogen-bond acceptors (Lipinski definition) is 7. The summed E-state index contributed by atoms with van der Waals surface area (Å²) in [4.78, 5) is 16.2. The summed E-state index contributed by atoms with van der Waals surface area (Å²) in [5.41, 5.74) is -0.285. The highest BCUT2D eigenvalue weighted by atomic mass is 19.3. The Morgan fingerprint density at radius 2 is 2.00 bits per heavy atom. The number of amides is 1. The van der Waals surface area contributed by atoms with Gasteiger partial charge < -0.3 is 19.1 Å². The Hall–Kier alpha value is -2.52. The highest BCUT2D eigenvalue weighted by Crippen LogP contribution is 2.28. The molecular formula is C14H18F2N4O4. The van der Waals surface area contributed by atoms with Crippen molar-refractivity contribution in [3.05, 3.63) is 17.5 Å². The quantitative estimate of drug-likeness (QED) is 0.859. The molecule has 1 N–H and O–H groups in total. The lowest BCUT2D eigenvalue weighted by molar-refractivity contribution is -0.116. The van der Waals surface area contributed by atoms with E-state index >= 15 is 0 Å². The van der Waals surface area contributed by atoms with Crippen molar-refractivity contribution in [3.8, 4) is 5.88 Å². The molecule has 0 aliphatic heterocycles. The highest BCUT2D eigenvalue weighted by molar-refractivity contribution is 5.92. The van der Waals surface area contributed by atoms with Gasteiger partial charge in [-0.05, 0) is 12.1 Å².